The Labute approximate surface area is 118 Å². The molecule has 0 aliphatic heterocycles. The van der Waals surface area contributed by atoms with Crippen LogP contribution < -0.4 is 10.5 Å². The van der Waals surface area contributed by atoms with E-state index in [2.05, 4.69) is 4.72 Å². The molecule has 0 saturated heterocycles. The molecule has 1 amide bonds. The van der Waals surface area contributed by atoms with E-state index in [4.69, 9.17) is 5.73 Å². The summed E-state index contributed by atoms with van der Waals surface area (Å²) in [7, 11) is -1.97. The molecule has 2 aliphatic carbocycles. The molecule has 3 rings (SSSR count). The number of primary amides is 1. The largest absolute Gasteiger partial charge is 0.364 e. The number of nitrogens with one attached hydrogen (secondary N) is 1. The van der Waals surface area contributed by atoms with Crippen LogP contribution in [0.5, 0.6) is 0 Å². The maximum absolute atomic E-state index is 12.4. The summed E-state index contributed by atoms with van der Waals surface area (Å²) in [6.07, 6.45) is 5.84. The molecular formula is C13H19N3O3S. The third-order valence-corrected chi connectivity index (χ3v) is 5.52. The van der Waals surface area contributed by atoms with Crippen molar-refractivity contribution in [1.29, 1.82) is 0 Å². The fourth-order valence-electron chi connectivity index (χ4n) is 2.66. The molecule has 110 valence electrons. The lowest BCUT2D eigenvalue weighted by Gasteiger charge is -2.16. The van der Waals surface area contributed by atoms with Gasteiger partial charge in [0.05, 0.1) is 0 Å². The Morgan fingerprint density at radius 2 is 1.90 bits per heavy atom. The Hall–Kier alpha value is -1.34. The fraction of sp³-hybridized carbons (Fsp3) is 0.615. The molecule has 0 radical (unpaired) electrons. The normalized spacial score (nSPS) is 19.5. The van der Waals surface area contributed by atoms with Crippen LogP contribution in [0.15, 0.2) is 17.2 Å². The highest BCUT2D eigenvalue weighted by atomic mass is 32.2. The van der Waals surface area contributed by atoms with E-state index in [-0.39, 0.29) is 16.6 Å². The SMILES string of the molecule is Cn1cc(S(=O)(=O)NC(C2CC2)C2CC2)cc1C(N)=O. The topological polar surface area (TPSA) is 94.2 Å². The fourth-order valence-corrected chi connectivity index (χ4v) is 4.10. The van der Waals surface area contributed by atoms with Gasteiger partial charge in [-0.1, -0.05) is 0 Å². The molecule has 0 aromatic carbocycles. The molecule has 7 heteroatoms. The lowest BCUT2D eigenvalue weighted by molar-refractivity contribution is 0.0992. The van der Waals surface area contributed by atoms with E-state index in [9.17, 15) is 13.2 Å². The first kappa shape index (κ1) is 13.6. The number of aromatic nitrogens is 1. The van der Waals surface area contributed by atoms with Crippen LogP contribution in [-0.4, -0.2) is 24.9 Å². The van der Waals surface area contributed by atoms with Gasteiger partial charge in [-0.05, 0) is 43.6 Å². The summed E-state index contributed by atoms with van der Waals surface area (Å²) < 4.78 is 29.1. The quantitative estimate of drug-likeness (QED) is 0.804. The van der Waals surface area contributed by atoms with Gasteiger partial charge in [-0.25, -0.2) is 13.1 Å². The molecule has 0 bridgehead atoms. The molecular weight excluding hydrogens is 278 g/mol. The van der Waals surface area contributed by atoms with Gasteiger partial charge in [0.2, 0.25) is 10.0 Å². The maximum Gasteiger partial charge on any atom is 0.265 e. The zero-order valence-electron chi connectivity index (χ0n) is 11.4. The zero-order valence-corrected chi connectivity index (χ0v) is 12.2. The van der Waals surface area contributed by atoms with Crippen molar-refractivity contribution in [3.8, 4) is 0 Å². The van der Waals surface area contributed by atoms with Crippen molar-refractivity contribution in [3.63, 3.8) is 0 Å². The van der Waals surface area contributed by atoms with Crippen molar-refractivity contribution in [2.75, 3.05) is 0 Å². The highest BCUT2D eigenvalue weighted by molar-refractivity contribution is 7.89. The molecule has 3 N–H and O–H groups in total. The van der Waals surface area contributed by atoms with Gasteiger partial charge >= 0.3 is 0 Å². The average molecular weight is 297 g/mol. The van der Waals surface area contributed by atoms with E-state index < -0.39 is 15.9 Å². The summed E-state index contributed by atoms with van der Waals surface area (Å²) in [5.74, 6) is 0.336. The van der Waals surface area contributed by atoms with Gasteiger partial charge in [0.15, 0.2) is 0 Å². The van der Waals surface area contributed by atoms with E-state index >= 15 is 0 Å². The highest BCUT2D eigenvalue weighted by Crippen LogP contribution is 2.45. The summed E-state index contributed by atoms with van der Waals surface area (Å²) in [4.78, 5) is 11.3. The Morgan fingerprint density at radius 1 is 1.35 bits per heavy atom. The first-order valence-corrected chi connectivity index (χ1v) is 8.35. The summed E-state index contributed by atoms with van der Waals surface area (Å²) >= 11 is 0. The summed E-state index contributed by atoms with van der Waals surface area (Å²) in [6.45, 7) is 0. The molecule has 1 aromatic heterocycles. The standard InChI is InChI=1S/C13H19N3O3S/c1-16-7-10(6-11(16)13(14)17)20(18,19)15-12(8-2-3-8)9-4-5-9/h6-9,12,15H,2-5H2,1H3,(H2,14,17). The monoisotopic (exact) mass is 297 g/mol. The summed E-state index contributed by atoms with van der Waals surface area (Å²) in [6, 6.07) is 1.39. The summed E-state index contributed by atoms with van der Waals surface area (Å²) in [5.41, 5.74) is 5.41. The Kier molecular flexibility index (Phi) is 3.13. The van der Waals surface area contributed by atoms with E-state index in [0.717, 1.165) is 25.7 Å². The summed E-state index contributed by atoms with van der Waals surface area (Å²) in [5, 5.41) is 0. The number of amides is 1. The zero-order chi connectivity index (χ0) is 14.5. The van der Waals surface area contributed by atoms with Gasteiger partial charge in [-0.15, -0.1) is 0 Å². The Morgan fingerprint density at radius 3 is 2.30 bits per heavy atom. The molecule has 2 saturated carbocycles. The Bertz CT molecular complexity index is 630. The van der Waals surface area contributed by atoms with Crippen molar-refractivity contribution in [3.05, 3.63) is 18.0 Å². The van der Waals surface area contributed by atoms with Gasteiger partial charge < -0.3 is 10.3 Å². The second kappa shape index (κ2) is 4.60. The first-order valence-electron chi connectivity index (χ1n) is 6.87. The number of hydrogen-bond donors (Lipinski definition) is 2. The molecule has 1 aromatic rings. The molecule has 6 nitrogen and oxygen atoms in total. The first-order chi connectivity index (χ1) is 9.38. The molecule has 0 spiro atoms. The minimum Gasteiger partial charge on any atom is -0.364 e. The van der Waals surface area contributed by atoms with Crippen molar-refractivity contribution in [1.82, 2.24) is 9.29 Å². The maximum atomic E-state index is 12.4. The van der Waals surface area contributed by atoms with E-state index in [1.807, 2.05) is 0 Å². The van der Waals surface area contributed by atoms with Crippen LogP contribution in [0.4, 0.5) is 0 Å². The number of sulfonamides is 1. The molecule has 20 heavy (non-hydrogen) atoms. The second-order valence-corrected chi connectivity index (χ2v) is 7.57. The number of nitrogens with zero attached hydrogens (tertiary/aromatic N) is 1. The minimum absolute atomic E-state index is 0.0530. The number of rotatable bonds is 6. The van der Waals surface area contributed by atoms with Crippen LogP contribution in [0.2, 0.25) is 0 Å². The van der Waals surface area contributed by atoms with Crippen LogP contribution in [0, 0.1) is 11.8 Å². The van der Waals surface area contributed by atoms with Gasteiger partial charge in [-0.3, -0.25) is 4.79 Å². The number of carbonyl (C=O) groups is 1. The third-order valence-electron chi connectivity index (χ3n) is 4.09. The van der Waals surface area contributed by atoms with Crippen molar-refractivity contribution < 1.29 is 13.2 Å². The van der Waals surface area contributed by atoms with Gasteiger partial charge in [0, 0.05) is 19.3 Å². The van der Waals surface area contributed by atoms with Crippen LogP contribution in [0.1, 0.15) is 36.2 Å². The molecule has 0 unspecified atom stereocenters. The predicted molar refractivity (Wildman–Crippen MR) is 73.5 cm³/mol. The predicted octanol–water partition coefficient (Wildman–Crippen LogP) is 0.591. The number of nitrogens with two attached hydrogens (primary N) is 1. The third kappa shape index (κ3) is 2.60. The number of carbonyl (C=O) groups excluding carboxylic acids is 1. The lowest BCUT2D eigenvalue weighted by atomic mass is 10.1. The lowest BCUT2D eigenvalue weighted by Crippen LogP contribution is -2.37. The van der Waals surface area contributed by atoms with Gasteiger partial charge in [-0.2, -0.15) is 0 Å². The highest BCUT2D eigenvalue weighted by Gasteiger charge is 2.43. The Balaban J connectivity index is 1.83. The van der Waals surface area contributed by atoms with Crippen LogP contribution in [0.3, 0.4) is 0 Å². The van der Waals surface area contributed by atoms with E-state index in [1.54, 1.807) is 7.05 Å². The van der Waals surface area contributed by atoms with E-state index in [0.29, 0.717) is 11.8 Å². The average Bonchev–Trinajstić information content (AvgIpc) is 3.23. The van der Waals surface area contributed by atoms with Crippen molar-refractivity contribution in [2.24, 2.45) is 24.6 Å². The minimum atomic E-state index is -3.58. The van der Waals surface area contributed by atoms with Crippen LogP contribution in [-0.2, 0) is 17.1 Å². The van der Waals surface area contributed by atoms with Gasteiger partial charge in [0.1, 0.15) is 10.6 Å². The number of hydrogen-bond acceptors (Lipinski definition) is 3. The number of aryl methyl sites for hydroxylation is 1. The molecule has 2 aliphatic rings. The smallest absolute Gasteiger partial charge is 0.265 e. The van der Waals surface area contributed by atoms with Crippen LogP contribution in [0.25, 0.3) is 0 Å². The molecule has 1 heterocycles. The van der Waals surface area contributed by atoms with Crippen molar-refractivity contribution in [2.45, 2.75) is 36.6 Å². The molecule has 2 fully saturated rings. The molecule has 0 atom stereocenters. The van der Waals surface area contributed by atoms with Gasteiger partial charge in [0.25, 0.3) is 5.91 Å². The second-order valence-electron chi connectivity index (χ2n) is 5.86. The van der Waals surface area contributed by atoms with Crippen molar-refractivity contribution >= 4 is 15.9 Å². The van der Waals surface area contributed by atoms with E-state index in [1.165, 1.54) is 16.8 Å². The van der Waals surface area contributed by atoms with Crippen LogP contribution >= 0.6 is 0 Å².